The highest BCUT2D eigenvalue weighted by Crippen LogP contribution is 2.18. The van der Waals surface area contributed by atoms with Gasteiger partial charge in [0, 0.05) is 24.8 Å². The van der Waals surface area contributed by atoms with Gasteiger partial charge in [-0.1, -0.05) is 48.0 Å². The van der Waals surface area contributed by atoms with E-state index in [2.05, 4.69) is 15.6 Å². The molecule has 1 amide bonds. The van der Waals surface area contributed by atoms with Crippen LogP contribution in [-0.4, -0.2) is 18.0 Å². The van der Waals surface area contributed by atoms with Crippen LogP contribution in [0, 0.1) is 6.92 Å². The van der Waals surface area contributed by atoms with Gasteiger partial charge >= 0.3 is 0 Å². The Kier molecular flexibility index (Phi) is 6.05. The van der Waals surface area contributed by atoms with Crippen molar-refractivity contribution < 1.29 is 9.53 Å². The smallest absolute Gasteiger partial charge is 0.253 e. The molecule has 0 saturated carbocycles. The number of carbonyl (C=O) groups excluding carboxylic acids is 1. The Hall–Kier alpha value is -3.34. The molecule has 3 rings (SSSR count). The Morgan fingerprint density at radius 1 is 1.00 bits per heavy atom. The summed E-state index contributed by atoms with van der Waals surface area (Å²) in [4.78, 5) is 16.6. The summed E-state index contributed by atoms with van der Waals surface area (Å²) in [7, 11) is 1.65. The van der Waals surface area contributed by atoms with Crippen molar-refractivity contribution in [3.63, 3.8) is 0 Å². The highest BCUT2D eigenvalue weighted by atomic mass is 16.5. The molecule has 2 aromatic carbocycles. The number of rotatable bonds is 7. The molecule has 0 aliphatic heterocycles. The third-order valence-corrected chi connectivity index (χ3v) is 4.25. The molecule has 1 aromatic heterocycles. The van der Waals surface area contributed by atoms with Crippen molar-refractivity contribution in [1.82, 2.24) is 10.3 Å². The molecule has 0 atom stereocenters. The van der Waals surface area contributed by atoms with Crippen LogP contribution in [0.5, 0.6) is 5.75 Å². The third-order valence-electron chi connectivity index (χ3n) is 4.25. The highest BCUT2D eigenvalue weighted by molar-refractivity contribution is 5.94. The van der Waals surface area contributed by atoms with Crippen molar-refractivity contribution >= 4 is 11.7 Å². The number of amides is 1. The lowest BCUT2D eigenvalue weighted by Crippen LogP contribution is -2.22. The SMILES string of the molecule is COc1ccccc1CNc1ccc(C(=O)NCc2ccc(C)cc2)cn1. The van der Waals surface area contributed by atoms with Crippen LogP contribution in [0.3, 0.4) is 0 Å². The van der Waals surface area contributed by atoms with Gasteiger partial charge in [-0.3, -0.25) is 4.79 Å². The Labute approximate surface area is 159 Å². The Bertz CT molecular complexity index is 890. The van der Waals surface area contributed by atoms with Crippen LogP contribution in [0.15, 0.2) is 66.9 Å². The number of aromatic nitrogens is 1. The van der Waals surface area contributed by atoms with Gasteiger partial charge in [0.25, 0.3) is 5.91 Å². The monoisotopic (exact) mass is 361 g/mol. The Morgan fingerprint density at radius 2 is 1.78 bits per heavy atom. The van der Waals surface area contributed by atoms with Crippen LogP contribution in [0.4, 0.5) is 5.82 Å². The standard InChI is InChI=1S/C22H23N3O2/c1-16-7-9-17(10-8-16)13-25-22(26)19-11-12-21(24-15-19)23-14-18-5-3-4-6-20(18)27-2/h3-12,15H,13-14H2,1-2H3,(H,23,24)(H,25,26). The molecule has 0 aliphatic carbocycles. The van der Waals surface area contributed by atoms with E-state index >= 15 is 0 Å². The van der Waals surface area contributed by atoms with E-state index in [9.17, 15) is 4.79 Å². The van der Waals surface area contributed by atoms with Crippen molar-refractivity contribution in [2.45, 2.75) is 20.0 Å². The molecule has 0 unspecified atom stereocenters. The average Bonchev–Trinajstić information content (AvgIpc) is 2.72. The zero-order valence-electron chi connectivity index (χ0n) is 15.5. The molecule has 3 aromatic rings. The summed E-state index contributed by atoms with van der Waals surface area (Å²) in [5.41, 5.74) is 3.84. The summed E-state index contributed by atoms with van der Waals surface area (Å²) in [6, 6.07) is 19.5. The average molecular weight is 361 g/mol. The molecule has 0 spiro atoms. The van der Waals surface area contributed by atoms with E-state index < -0.39 is 0 Å². The zero-order valence-corrected chi connectivity index (χ0v) is 15.5. The van der Waals surface area contributed by atoms with Gasteiger partial charge in [-0.25, -0.2) is 4.98 Å². The predicted octanol–water partition coefficient (Wildman–Crippen LogP) is 3.94. The van der Waals surface area contributed by atoms with Crippen LogP contribution in [0.2, 0.25) is 0 Å². The number of hydrogen-bond donors (Lipinski definition) is 2. The molecule has 2 N–H and O–H groups in total. The number of anilines is 1. The number of aryl methyl sites for hydroxylation is 1. The fraction of sp³-hybridized carbons (Fsp3) is 0.182. The van der Waals surface area contributed by atoms with Gasteiger partial charge in [-0.2, -0.15) is 0 Å². The summed E-state index contributed by atoms with van der Waals surface area (Å²) in [5.74, 6) is 1.40. The zero-order chi connectivity index (χ0) is 19.1. The molecule has 5 nitrogen and oxygen atoms in total. The maximum atomic E-state index is 12.3. The number of ether oxygens (including phenoxy) is 1. The molecule has 0 bridgehead atoms. The molecule has 138 valence electrons. The normalized spacial score (nSPS) is 10.3. The molecule has 0 saturated heterocycles. The van der Waals surface area contributed by atoms with E-state index in [0.717, 1.165) is 16.9 Å². The molecule has 5 heteroatoms. The summed E-state index contributed by atoms with van der Waals surface area (Å²) in [6.45, 7) is 3.13. The van der Waals surface area contributed by atoms with Crippen molar-refractivity contribution in [2.75, 3.05) is 12.4 Å². The van der Waals surface area contributed by atoms with Crippen LogP contribution >= 0.6 is 0 Å². The minimum atomic E-state index is -0.139. The number of nitrogens with zero attached hydrogens (tertiary/aromatic N) is 1. The quantitative estimate of drug-likeness (QED) is 0.669. The van der Waals surface area contributed by atoms with E-state index in [1.807, 2.05) is 55.5 Å². The van der Waals surface area contributed by atoms with Crippen molar-refractivity contribution in [3.8, 4) is 5.75 Å². The maximum absolute atomic E-state index is 12.3. The van der Waals surface area contributed by atoms with Gasteiger partial charge in [0.15, 0.2) is 0 Å². The fourth-order valence-corrected chi connectivity index (χ4v) is 2.66. The highest BCUT2D eigenvalue weighted by Gasteiger charge is 2.07. The molecular formula is C22H23N3O2. The molecule has 27 heavy (non-hydrogen) atoms. The number of pyridine rings is 1. The van der Waals surface area contributed by atoms with E-state index in [0.29, 0.717) is 24.5 Å². The fourth-order valence-electron chi connectivity index (χ4n) is 2.66. The number of hydrogen-bond acceptors (Lipinski definition) is 4. The van der Waals surface area contributed by atoms with Crippen LogP contribution in [0.1, 0.15) is 27.0 Å². The number of para-hydroxylation sites is 1. The molecule has 0 fully saturated rings. The van der Waals surface area contributed by atoms with Crippen LogP contribution in [-0.2, 0) is 13.1 Å². The minimum Gasteiger partial charge on any atom is -0.496 e. The molecule has 0 aliphatic rings. The summed E-state index contributed by atoms with van der Waals surface area (Å²) in [6.07, 6.45) is 1.58. The van der Waals surface area contributed by atoms with Crippen LogP contribution in [0.25, 0.3) is 0 Å². The maximum Gasteiger partial charge on any atom is 0.253 e. The Morgan fingerprint density at radius 3 is 2.48 bits per heavy atom. The van der Waals surface area contributed by atoms with Gasteiger partial charge in [-0.15, -0.1) is 0 Å². The summed E-state index contributed by atoms with van der Waals surface area (Å²) in [5, 5.41) is 6.15. The van der Waals surface area contributed by atoms with Crippen molar-refractivity contribution in [3.05, 3.63) is 89.1 Å². The van der Waals surface area contributed by atoms with E-state index in [4.69, 9.17) is 4.74 Å². The first kappa shape index (κ1) is 18.5. The lowest BCUT2D eigenvalue weighted by Gasteiger charge is -2.10. The van der Waals surface area contributed by atoms with E-state index in [-0.39, 0.29) is 5.91 Å². The van der Waals surface area contributed by atoms with Crippen molar-refractivity contribution in [1.29, 1.82) is 0 Å². The Balaban J connectivity index is 1.54. The van der Waals surface area contributed by atoms with Gasteiger partial charge in [-0.05, 0) is 30.7 Å². The third kappa shape index (κ3) is 5.07. The van der Waals surface area contributed by atoms with E-state index in [1.54, 1.807) is 25.4 Å². The molecule has 0 radical (unpaired) electrons. The second kappa shape index (κ2) is 8.85. The van der Waals surface area contributed by atoms with Gasteiger partial charge in [0.1, 0.15) is 11.6 Å². The number of methoxy groups -OCH3 is 1. The second-order valence-corrected chi connectivity index (χ2v) is 6.27. The van der Waals surface area contributed by atoms with Gasteiger partial charge in [0.2, 0.25) is 0 Å². The first-order valence-corrected chi connectivity index (χ1v) is 8.81. The second-order valence-electron chi connectivity index (χ2n) is 6.27. The largest absolute Gasteiger partial charge is 0.496 e. The molecular weight excluding hydrogens is 338 g/mol. The number of benzene rings is 2. The molecule has 1 heterocycles. The number of nitrogens with one attached hydrogen (secondary N) is 2. The lowest BCUT2D eigenvalue weighted by molar-refractivity contribution is 0.0950. The lowest BCUT2D eigenvalue weighted by atomic mass is 10.1. The minimum absolute atomic E-state index is 0.139. The number of carbonyl (C=O) groups is 1. The van der Waals surface area contributed by atoms with Gasteiger partial charge in [0.05, 0.1) is 12.7 Å². The van der Waals surface area contributed by atoms with Crippen molar-refractivity contribution in [2.24, 2.45) is 0 Å². The first-order chi connectivity index (χ1) is 13.2. The van der Waals surface area contributed by atoms with Crippen LogP contribution < -0.4 is 15.4 Å². The van der Waals surface area contributed by atoms with Gasteiger partial charge < -0.3 is 15.4 Å². The summed E-state index contributed by atoms with van der Waals surface area (Å²) >= 11 is 0. The first-order valence-electron chi connectivity index (χ1n) is 8.81. The summed E-state index contributed by atoms with van der Waals surface area (Å²) < 4.78 is 5.34. The predicted molar refractivity (Wildman–Crippen MR) is 107 cm³/mol. The van der Waals surface area contributed by atoms with E-state index in [1.165, 1.54) is 5.56 Å². The topological polar surface area (TPSA) is 63.2 Å².